The summed E-state index contributed by atoms with van der Waals surface area (Å²) < 4.78 is 0. The van der Waals surface area contributed by atoms with Gasteiger partial charge in [-0.3, -0.25) is 0 Å². The minimum atomic E-state index is 1.15. The van der Waals surface area contributed by atoms with Gasteiger partial charge < -0.3 is 0 Å². The smallest absolute Gasteiger partial charge is 0.0263 e. The fourth-order valence-corrected chi connectivity index (χ4v) is 1.72. The van der Waals surface area contributed by atoms with Gasteiger partial charge in [-0.05, 0) is 53.0 Å². The van der Waals surface area contributed by atoms with Gasteiger partial charge in [0.25, 0.3) is 0 Å². The summed E-state index contributed by atoms with van der Waals surface area (Å²) in [5.41, 5.74) is 5.33. The SMILES string of the molecule is C=Cc1ccccc1.CC=C(C)C=CC=C(C)CCC=C(C)C. The zero-order chi connectivity index (χ0) is 17.5. The minimum Gasteiger partial charge on any atom is -0.0985 e. The van der Waals surface area contributed by atoms with Crippen molar-refractivity contribution in [2.45, 2.75) is 47.5 Å². The molecule has 0 unspecified atom stereocenters. The molecule has 0 fully saturated rings. The maximum atomic E-state index is 3.63. The van der Waals surface area contributed by atoms with Crippen molar-refractivity contribution in [2.24, 2.45) is 0 Å². The Balaban J connectivity index is 0.000000502. The van der Waals surface area contributed by atoms with Gasteiger partial charge in [-0.2, -0.15) is 0 Å². The van der Waals surface area contributed by atoms with E-state index in [-0.39, 0.29) is 0 Å². The molecular weight excluding hydrogens is 276 g/mol. The van der Waals surface area contributed by atoms with E-state index in [2.05, 4.69) is 71.6 Å². The Morgan fingerprint density at radius 3 is 2.17 bits per heavy atom. The summed E-state index contributed by atoms with van der Waals surface area (Å²) >= 11 is 0. The van der Waals surface area contributed by atoms with Crippen molar-refractivity contribution >= 4 is 6.08 Å². The van der Waals surface area contributed by atoms with Crippen LogP contribution >= 0.6 is 0 Å². The summed E-state index contributed by atoms with van der Waals surface area (Å²) in [5, 5.41) is 0. The van der Waals surface area contributed by atoms with Crippen LogP contribution in [0.3, 0.4) is 0 Å². The molecule has 0 N–H and O–H groups in total. The molecule has 0 saturated carbocycles. The standard InChI is InChI=1S/C15H24.C8H8/c1-6-14(4)10-8-12-15(5)11-7-9-13(2)3;1-2-8-6-4-3-5-7-8/h6,8-10,12H,7,11H2,1-5H3;2-7H,1H2. The summed E-state index contributed by atoms with van der Waals surface area (Å²) in [6, 6.07) is 10.0. The third-order valence-corrected chi connectivity index (χ3v) is 3.32. The van der Waals surface area contributed by atoms with Crippen molar-refractivity contribution < 1.29 is 0 Å². The predicted octanol–water partition coefficient (Wildman–Crippen LogP) is 7.53. The van der Waals surface area contributed by atoms with Crippen LogP contribution in [-0.2, 0) is 0 Å². The topological polar surface area (TPSA) is 0 Å². The second-order valence-corrected chi connectivity index (χ2v) is 5.84. The summed E-state index contributed by atoms with van der Waals surface area (Å²) in [6.45, 7) is 14.3. The van der Waals surface area contributed by atoms with Crippen LogP contribution in [0.15, 0.2) is 84.0 Å². The molecule has 0 saturated heterocycles. The molecule has 0 amide bonds. The molecular formula is C23H32. The van der Waals surface area contributed by atoms with E-state index in [0.717, 1.165) is 12.8 Å². The fraction of sp³-hybridized carbons (Fsp3) is 0.304. The second-order valence-electron chi connectivity index (χ2n) is 5.84. The Morgan fingerprint density at radius 2 is 1.70 bits per heavy atom. The number of rotatable bonds is 6. The van der Waals surface area contributed by atoms with Crippen LogP contribution in [0, 0.1) is 0 Å². The molecule has 23 heavy (non-hydrogen) atoms. The molecule has 0 atom stereocenters. The first-order valence-electron chi connectivity index (χ1n) is 8.27. The van der Waals surface area contributed by atoms with Gasteiger partial charge in [-0.15, -0.1) is 0 Å². The zero-order valence-electron chi connectivity index (χ0n) is 15.5. The van der Waals surface area contributed by atoms with Gasteiger partial charge in [0, 0.05) is 0 Å². The zero-order valence-corrected chi connectivity index (χ0v) is 15.5. The highest BCUT2D eigenvalue weighted by atomic mass is 13.9. The highest BCUT2D eigenvalue weighted by Crippen LogP contribution is 2.07. The first kappa shape index (κ1) is 20.9. The molecule has 0 radical (unpaired) electrons. The Bertz CT molecular complexity index is 547. The van der Waals surface area contributed by atoms with Crippen molar-refractivity contribution in [1.82, 2.24) is 0 Å². The Labute approximate surface area is 143 Å². The normalized spacial score (nSPS) is 11.7. The van der Waals surface area contributed by atoms with Gasteiger partial charge in [-0.1, -0.05) is 90.1 Å². The third kappa shape index (κ3) is 13.3. The van der Waals surface area contributed by atoms with Crippen LogP contribution in [0.1, 0.15) is 53.0 Å². The van der Waals surface area contributed by atoms with E-state index in [1.165, 1.54) is 22.3 Å². The first-order valence-corrected chi connectivity index (χ1v) is 8.27. The van der Waals surface area contributed by atoms with Crippen molar-refractivity contribution in [3.05, 3.63) is 89.6 Å². The van der Waals surface area contributed by atoms with E-state index in [9.17, 15) is 0 Å². The number of hydrogen-bond donors (Lipinski definition) is 0. The summed E-state index contributed by atoms with van der Waals surface area (Å²) in [7, 11) is 0. The highest BCUT2D eigenvalue weighted by Gasteiger charge is 1.86. The molecule has 1 rings (SSSR count). The molecule has 0 aliphatic heterocycles. The second kappa shape index (κ2) is 13.6. The van der Waals surface area contributed by atoms with Crippen molar-refractivity contribution in [2.75, 3.05) is 0 Å². The maximum absolute atomic E-state index is 3.63. The lowest BCUT2D eigenvalue weighted by molar-refractivity contribution is 0.967. The van der Waals surface area contributed by atoms with Crippen LogP contribution in [0.25, 0.3) is 6.08 Å². The van der Waals surface area contributed by atoms with Gasteiger partial charge in [0.05, 0.1) is 0 Å². The maximum Gasteiger partial charge on any atom is -0.0263 e. The van der Waals surface area contributed by atoms with Gasteiger partial charge in [0.2, 0.25) is 0 Å². The molecule has 0 heteroatoms. The van der Waals surface area contributed by atoms with Crippen molar-refractivity contribution in [3.8, 4) is 0 Å². The van der Waals surface area contributed by atoms with E-state index in [4.69, 9.17) is 0 Å². The largest absolute Gasteiger partial charge is 0.0985 e. The van der Waals surface area contributed by atoms with Gasteiger partial charge in [-0.25, -0.2) is 0 Å². The van der Waals surface area contributed by atoms with Crippen LogP contribution in [-0.4, -0.2) is 0 Å². The molecule has 124 valence electrons. The lowest BCUT2D eigenvalue weighted by atomic mass is 10.1. The van der Waals surface area contributed by atoms with Gasteiger partial charge in [0.15, 0.2) is 0 Å². The molecule has 1 aromatic carbocycles. The highest BCUT2D eigenvalue weighted by molar-refractivity contribution is 5.45. The Morgan fingerprint density at radius 1 is 1.04 bits per heavy atom. The average molecular weight is 309 g/mol. The van der Waals surface area contributed by atoms with Crippen LogP contribution in [0.4, 0.5) is 0 Å². The monoisotopic (exact) mass is 308 g/mol. The molecule has 1 aromatic rings. The quantitative estimate of drug-likeness (QED) is 0.376. The van der Waals surface area contributed by atoms with Crippen LogP contribution in [0.2, 0.25) is 0 Å². The Hall–Kier alpha value is -2.08. The van der Waals surface area contributed by atoms with Crippen LogP contribution in [0.5, 0.6) is 0 Å². The van der Waals surface area contributed by atoms with E-state index in [1.54, 1.807) is 0 Å². The Kier molecular flexibility index (Phi) is 12.3. The average Bonchev–Trinajstić information content (AvgIpc) is 2.55. The fourth-order valence-electron chi connectivity index (χ4n) is 1.72. The molecule has 0 bridgehead atoms. The molecule has 0 spiro atoms. The van der Waals surface area contributed by atoms with Crippen molar-refractivity contribution in [1.29, 1.82) is 0 Å². The van der Waals surface area contributed by atoms with E-state index >= 15 is 0 Å². The van der Waals surface area contributed by atoms with Crippen molar-refractivity contribution in [3.63, 3.8) is 0 Å². The first-order chi connectivity index (χ1) is 11.0. The van der Waals surface area contributed by atoms with Crippen LogP contribution < -0.4 is 0 Å². The van der Waals surface area contributed by atoms with E-state index in [0.29, 0.717) is 0 Å². The van der Waals surface area contributed by atoms with E-state index in [1.807, 2.05) is 36.4 Å². The van der Waals surface area contributed by atoms with E-state index < -0.39 is 0 Å². The molecule has 0 aliphatic carbocycles. The van der Waals surface area contributed by atoms with Gasteiger partial charge in [0.1, 0.15) is 0 Å². The number of allylic oxidation sites excluding steroid dienone is 8. The summed E-state index contributed by atoms with van der Waals surface area (Å²) in [5.74, 6) is 0. The third-order valence-electron chi connectivity index (χ3n) is 3.32. The lowest BCUT2D eigenvalue weighted by Gasteiger charge is -1.96. The van der Waals surface area contributed by atoms with Gasteiger partial charge >= 0.3 is 0 Å². The number of benzene rings is 1. The molecule has 0 aliphatic rings. The minimum absolute atomic E-state index is 1.15. The molecule has 0 aromatic heterocycles. The summed E-state index contributed by atoms with van der Waals surface area (Å²) in [4.78, 5) is 0. The lowest BCUT2D eigenvalue weighted by Crippen LogP contribution is -1.76. The molecule has 0 nitrogen and oxygen atoms in total. The predicted molar refractivity (Wildman–Crippen MR) is 108 cm³/mol. The summed E-state index contributed by atoms with van der Waals surface area (Å²) in [6.07, 6.45) is 15.0. The number of hydrogen-bond acceptors (Lipinski definition) is 0. The molecule has 0 heterocycles.